The van der Waals surface area contributed by atoms with Crippen molar-refractivity contribution in [3.05, 3.63) is 65.7 Å². The minimum atomic E-state index is -2.03. The summed E-state index contributed by atoms with van der Waals surface area (Å²) in [5.74, 6) is -3.14. The first-order valence-electron chi connectivity index (χ1n) is 8.72. The van der Waals surface area contributed by atoms with Crippen molar-refractivity contribution < 1.29 is 33.3 Å². The Hall–Kier alpha value is -3.19. The van der Waals surface area contributed by atoms with Crippen LogP contribution >= 0.6 is 0 Å². The molecule has 0 unspecified atom stereocenters. The second kappa shape index (κ2) is 6.76. The van der Waals surface area contributed by atoms with Gasteiger partial charge in [-0.25, -0.2) is 0 Å². The fourth-order valence-electron chi connectivity index (χ4n) is 4.05. The smallest absolute Gasteiger partial charge is 0.327 e. The first-order valence-corrected chi connectivity index (χ1v) is 8.72. The summed E-state index contributed by atoms with van der Waals surface area (Å²) in [6.07, 6.45) is -2.24. The van der Waals surface area contributed by atoms with Gasteiger partial charge in [0.15, 0.2) is 5.78 Å². The van der Waals surface area contributed by atoms with Crippen LogP contribution in [0.3, 0.4) is 0 Å². The molecule has 0 saturated carbocycles. The number of benzene rings is 2. The Bertz CT molecular complexity index is 921. The summed E-state index contributed by atoms with van der Waals surface area (Å²) >= 11 is 0. The first kappa shape index (κ1) is 18.2. The number of fused-ring (bicyclic) bond motifs is 2. The SMILES string of the molecule is COC(=O)C1(C(=O)OC)[C@@H](c2ccccc2)O[C@H]2Oc3ccccc3C(=O)[C@@H]21. The van der Waals surface area contributed by atoms with Crippen LogP contribution in [0.1, 0.15) is 22.0 Å². The molecule has 0 aliphatic carbocycles. The molecule has 28 heavy (non-hydrogen) atoms. The van der Waals surface area contributed by atoms with Gasteiger partial charge in [-0.3, -0.25) is 14.4 Å². The minimum absolute atomic E-state index is 0.276. The lowest BCUT2D eigenvalue weighted by atomic mass is 9.67. The topological polar surface area (TPSA) is 88.1 Å². The molecule has 2 aromatic rings. The second-order valence-corrected chi connectivity index (χ2v) is 6.60. The molecule has 0 spiro atoms. The molecule has 2 aliphatic heterocycles. The van der Waals surface area contributed by atoms with E-state index < -0.39 is 41.4 Å². The standard InChI is InChI=1S/C21H18O7/c1-25-19(23)21(20(24)26-2)15-16(22)13-10-6-7-11-14(13)27-18(15)28-17(21)12-8-4-3-5-9-12/h3-11,15,17-18H,1-2H3/t15-,17+,18+/m0/s1. The third-order valence-electron chi connectivity index (χ3n) is 5.27. The zero-order valence-corrected chi connectivity index (χ0v) is 15.3. The predicted octanol–water partition coefficient (Wildman–Crippen LogP) is 2.31. The number of methoxy groups -OCH3 is 2. The molecule has 1 fully saturated rings. The predicted molar refractivity (Wildman–Crippen MR) is 95.4 cm³/mol. The molecule has 0 N–H and O–H groups in total. The van der Waals surface area contributed by atoms with Gasteiger partial charge >= 0.3 is 11.9 Å². The largest absolute Gasteiger partial charge is 0.468 e. The molecule has 0 bridgehead atoms. The van der Waals surface area contributed by atoms with Crippen LogP contribution in [0.15, 0.2) is 54.6 Å². The third-order valence-corrected chi connectivity index (χ3v) is 5.27. The van der Waals surface area contributed by atoms with E-state index in [-0.39, 0.29) is 5.56 Å². The van der Waals surface area contributed by atoms with E-state index in [2.05, 4.69) is 0 Å². The fourth-order valence-corrected chi connectivity index (χ4v) is 4.05. The number of para-hydroxylation sites is 1. The van der Waals surface area contributed by atoms with Crippen molar-refractivity contribution in [2.24, 2.45) is 11.3 Å². The van der Waals surface area contributed by atoms with E-state index in [1.165, 1.54) is 0 Å². The molecule has 144 valence electrons. The van der Waals surface area contributed by atoms with Gasteiger partial charge in [0.05, 0.1) is 19.8 Å². The van der Waals surface area contributed by atoms with E-state index in [4.69, 9.17) is 18.9 Å². The maximum atomic E-state index is 13.4. The molecule has 1 saturated heterocycles. The van der Waals surface area contributed by atoms with Crippen LogP contribution in [0.2, 0.25) is 0 Å². The number of rotatable bonds is 3. The summed E-state index contributed by atoms with van der Waals surface area (Å²) in [6.45, 7) is 0. The number of carbonyl (C=O) groups excluding carboxylic acids is 3. The Kier molecular flexibility index (Phi) is 4.39. The van der Waals surface area contributed by atoms with E-state index in [0.29, 0.717) is 11.3 Å². The van der Waals surface area contributed by atoms with Crippen LogP contribution < -0.4 is 4.74 Å². The molecular formula is C21H18O7. The Morgan fingerprint density at radius 1 is 0.929 bits per heavy atom. The molecule has 2 heterocycles. The highest BCUT2D eigenvalue weighted by molar-refractivity contribution is 6.11. The maximum Gasteiger partial charge on any atom is 0.327 e. The zero-order chi connectivity index (χ0) is 19.9. The molecule has 0 amide bonds. The molecule has 2 aliphatic rings. The monoisotopic (exact) mass is 382 g/mol. The summed E-state index contributed by atoms with van der Waals surface area (Å²) in [5, 5.41) is 0. The van der Waals surface area contributed by atoms with Crippen molar-refractivity contribution in [2.45, 2.75) is 12.4 Å². The average Bonchev–Trinajstić information content (AvgIpc) is 3.09. The lowest BCUT2D eigenvalue weighted by molar-refractivity contribution is -0.175. The summed E-state index contributed by atoms with van der Waals surface area (Å²) in [7, 11) is 2.31. The Balaban J connectivity index is 1.95. The van der Waals surface area contributed by atoms with E-state index in [9.17, 15) is 14.4 Å². The van der Waals surface area contributed by atoms with E-state index in [1.54, 1.807) is 54.6 Å². The summed E-state index contributed by atoms with van der Waals surface area (Å²) in [4.78, 5) is 39.4. The van der Waals surface area contributed by atoms with Gasteiger partial charge in [-0.2, -0.15) is 0 Å². The lowest BCUT2D eigenvalue weighted by Crippen LogP contribution is -2.53. The van der Waals surface area contributed by atoms with Crippen molar-refractivity contribution in [3.8, 4) is 5.75 Å². The summed E-state index contributed by atoms with van der Waals surface area (Å²) in [6, 6.07) is 15.3. The van der Waals surface area contributed by atoms with Crippen molar-refractivity contribution in [3.63, 3.8) is 0 Å². The first-order chi connectivity index (χ1) is 13.6. The van der Waals surface area contributed by atoms with Gasteiger partial charge in [-0.1, -0.05) is 42.5 Å². The Morgan fingerprint density at radius 2 is 1.54 bits per heavy atom. The average molecular weight is 382 g/mol. The van der Waals surface area contributed by atoms with Crippen LogP contribution in [0.4, 0.5) is 0 Å². The zero-order valence-electron chi connectivity index (χ0n) is 15.3. The summed E-state index contributed by atoms with van der Waals surface area (Å²) in [5.41, 5.74) is -1.22. The second-order valence-electron chi connectivity index (χ2n) is 6.60. The Labute approximate surface area is 161 Å². The fraction of sp³-hybridized carbons (Fsp3) is 0.286. The number of Topliss-reactive ketones (excluding diaryl/α,β-unsaturated/α-hetero) is 1. The molecule has 7 heteroatoms. The number of hydrogen-bond acceptors (Lipinski definition) is 7. The highest BCUT2D eigenvalue weighted by atomic mass is 16.7. The van der Waals surface area contributed by atoms with Crippen LogP contribution in [0, 0.1) is 11.3 Å². The maximum absolute atomic E-state index is 13.4. The molecule has 0 radical (unpaired) electrons. The third kappa shape index (κ3) is 2.36. The number of hydrogen-bond donors (Lipinski definition) is 0. The molecule has 2 aromatic carbocycles. The van der Waals surface area contributed by atoms with Gasteiger partial charge in [0.25, 0.3) is 0 Å². The highest BCUT2D eigenvalue weighted by Crippen LogP contribution is 2.56. The van der Waals surface area contributed by atoms with Crippen molar-refractivity contribution in [2.75, 3.05) is 14.2 Å². The molecule has 4 rings (SSSR count). The van der Waals surface area contributed by atoms with Crippen molar-refractivity contribution in [1.82, 2.24) is 0 Å². The number of esters is 2. The van der Waals surface area contributed by atoms with Crippen LogP contribution in [-0.2, 0) is 23.8 Å². The van der Waals surface area contributed by atoms with Gasteiger partial charge in [0.2, 0.25) is 11.7 Å². The number of ketones is 1. The van der Waals surface area contributed by atoms with E-state index >= 15 is 0 Å². The summed E-state index contributed by atoms with van der Waals surface area (Å²) < 4.78 is 21.8. The van der Waals surface area contributed by atoms with Crippen molar-refractivity contribution in [1.29, 1.82) is 0 Å². The van der Waals surface area contributed by atoms with Gasteiger partial charge in [0, 0.05) is 0 Å². The normalized spacial score (nSPS) is 24.5. The minimum Gasteiger partial charge on any atom is -0.468 e. The van der Waals surface area contributed by atoms with Gasteiger partial charge in [-0.15, -0.1) is 0 Å². The van der Waals surface area contributed by atoms with Crippen molar-refractivity contribution >= 4 is 17.7 Å². The highest BCUT2D eigenvalue weighted by Gasteiger charge is 2.72. The van der Waals surface area contributed by atoms with Crippen LogP contribution in [0.25, 0.3) is 0 Å². The van der Waals surface area contributed by atoms with E-state index in [1.807, 2.05) is 0 Å². The van der Waals surface area contributed by atoms with Crippen LogP contribution in [-0.4, -0.2) is 38.2 Å². The van der Waals surface area contributed by atoms with Crippen LogP contribution in [0.5, 0.6) is 5.75 Å². The lowest BCUT2D eigenvalue weighted by Gasteiger charge is -2.34. The van der Waals surface area contributed by atoms with Gasteiger partial charge in [-0.05, 0) is 17.7 Å². The molecule has 0 aromatic heterocycles. The van der Waals surface area contributed by atoms with Gasteiger partial charge in [0.1, 0.15) is 17.8 Å². The quantitative estimate of drug-likeness (QED) is 0.594. The van der Waals surface area contributed by atoms with E-state index in [0.717, 1.165) is 14.2 Å². The Morgan fingerprint density at radius 3 is 2.18 bits per heavy atom. The number of ether oxygens (including phenoxy) is 4. The molecular weight excluding hydrogens is 364 g/mol. The number of carbonyl (C=O) groups is 3. The molecule has 3 atom stereocenters. The molecule has 7 nitrogen and oxygen atoms in total. The van der Waals surface area contributed by atoms with Gasteiger partial charge < -0.3 is 18.9 Å².